The van der Waals surface area contributed by atoms with E-state index in [1.807, 2.05) is 29.2 Å². The molecule has 1 fully saturated rings. The minimum Gasteiger partial charge on any atom is -0.493 e. The summed E-state index contributed by atoms with van der Waals surface area (Å²) in [6.45, 7) is 2.97. The fourth-order valence-corrected chi connectivity index (χ4v) is 3.25. The number of hydrogen-bond acceptors (Lipinski definition) is 6. The molecule has 0 aliphatic carbocycles. The maximum atomic E-state index is 12.5. The molecule has 7 nitrogen and oxygen atoms in total. The van der Waals surface area contributed by atoms with Gasteiger partial charge in [0.15, 0.2) is 11.5 Å². The summed E-state index contributed by atoms with van der Waals surface area (Å²) in [6.07, 6.45) is 5.69. The van der Waals surface area contributed by atoms with Crippen LogP contribution in [-0.4, -0.2) is 61.2 Å². The third-order valence-electron chi connectivity index (χ3n) is 4.77. The Balaban J connectivity index is 1.44. The lowest BCUT2D eigenvalue weighted by Gasteiger charge is -2.34. The number of anilines is 1. The molecule has 0 N–H and O–H groups in total. The summed E-state index contributed by atoms with van der Waals surface area (Å²) in [5.41, 5.74) is 1.14. The first kappa shape index (κ1) is 18.9. The summed E-state index contributed by atoms with van der Waals surface area (Å²) in [5.74, 6) is 2.39. The Morgan fingerprint density at radius 3 is 2.41 bits per heavy atom. The Kier molecular flexibility index (Phi) is 6.46. The highest BCUT2D eigenvalue weighted by Crippen LogP contribution is 2.28. The first-order valence-electron chi connectivity index (χ1n) is 9.22. The number of piperazine rings is 1. The molecule has 1 aromatic heterocycles. The number of hydrogen-bond donors (Lipinski definition) is 0. The van der Waals surface area contributed by atoms with Gasteiger partial charge in [0.1, 0.15) is 0 Å². The summed E-state index contributed by atoms with van der Waals surface area (Å²) >= 11 is 0. The molecular formula is C20H26N4O3. The van der Waals surface area contributed by atoms with Crippen LogP contribution in [0.5, 0.6) is 11.5 Å². The van der Waals surface area contributed by atoms with Crippen molar-refractivity contribution in [3.05, 3.63) is 42.2 Å². The molecule has 2 aromatic rings. The topological polar surface area (TPSA) is 67.8 Å². The molecule has 0 spiro atoms. The van der Waals surface area contributed by atoms with Crippen molar-refractivity contribution >= 4 is 11.9 Å². The van der Waals surface area contributed by atoms with E-state index in [-0.39, 0.29) is 5.91 Å². The van der Waals surface area contributed by atoms with Crippen molar-refractivity contribution in [3.8, 4) is 11.5 Å². The largest absolute Gasteiger partial charge is 0.493 e. The number of carbonyl (C=O) groups excluding carboxylic acids is 1. The molecule has 0 saturated carbocycles. The number of methoxy groups -OCH3 is 2. The summed E-state index contributed by atoms with van der Waals surface area (Å²) in [5, 5.41) is 0. The van der Waals surface area contributed by atoms with Crippen LogP contribution in [0.3, 0.4) is 0 Å². The number of aryl methyl sites for hydroxylation is 1. The number of ether oxygens (including phenoxy) is 2. The first-order chi connectivity index (χ1) is 13.2. The predicted octanol–water partition coefficient (Wildman–Crippen LogP) is 2.17. The van der Waals surface area contributed by atoms with Gasteiger partial charge in [-0.2, -0.15) is 0 Å². The Morgan fingerprint density at radius 1 is 1.04 bits per heavy atom. The average Bonchev–Trinajstić information content (AvgIpc) is 2.74. The Labute approximate surface area is 159 Å². The molecule has 27 heavy (non-hydrogen) atoms. The third kappa shape index (κ3) is 4.87. The summed E-state index contributed by atoms with van der Waals surface area (Å²) in [6, 6.07) is 7.70. The van der Waals surface area contributed by atoms with Crippen molar-refractivity contribution in [1.29, 1.82) is 0 Å². The van der Waals surface area contributed by atoms with Gasteiger partial charge in [0.2, 0.25) is 11.9 Å². The van der Waals surface area contributed by atoms with Crippen molar-refractivity contribution in [2.24, 2.45) is 0 Å². The Bertz CT molecular complexity index is 746. The monoisotopic (exact) mass is 370 g/mol. The second-order valence-electron chi connectivity index (χ2n) is 6.46. The van der Waals surface area contributed by atoms with Gasteiger partial charge in [-0.05, 0) is 36.6 Å². The zero-order chi connectivity index (χ0) is 19.1. The van der Waals surface area contributed by atoms with Gasteiger partial charge in [0, 0.05) is 45.0 Å². The van der Waals surface area contributed by atoms with E-state index in [0.29, 0.717) is 19.5 Å². The van der Waals surface area contributed by atoms with E-state index >= 15 is 0 Å². The van der Waals surface area contributed by atoms with Gasteiger partial charge in [0.25, 0.3) is 0 Å². The molecule has 1 amide bonds. The average molecular weight is 370 g/mol. The predicted molar refractivity (Wildman–Crippen MR) is 103 cm³/mol. The van der Waals surface area contributed by atoms with Crippen LogP contribution >= 0.6 is 0 Å². The second kappa shape index (κ2) is 9.21. The smallest absolute Gasteiger partial charge is 0.225 e. The van der Waals surface area contributed by atoms with Crippen molar-refractivity contribution in [1.82, 2.24) is 14.9 Å². The molecule has 1 aliphatic heterocycles. The molecule has 1 saturated heterocycles. The number of amides is 1. The van der Waals surface area contributed by atoms with Crippen LogP contribution in [0.25, 0.3) is 0 Å². The zero-order valence-corrected chi connectivity index (χ0v) is 15.9. The van der Waals surface area contributed by atoms with Crippen LogP contribution < -0.4 is 14.4 Å². The van der Waals surface area contributed by atoms with E-state index in [4.69, 9.17) is 9.47 Å². The van der Waals surface area contributed by atoms with E-state index in [1.54, 1.807) is 26.6 Å². The molecule has 0 atom stereocenters. The van der Waals surface area contributed by atoms with Crippen LogP contribution in [-0.2, 0) is 11.2 Å². The van der Waals surface area contributed by atoms with Gasteiger partial charge >= 0.3 is 0 Å². The fourth-order valence-electron chi connectivity index (χ4n) is 3.25. The summed E-state index contributed by atoms with van der Waals surface area (Å²) in [7, 11) is 3.26. The zero-order valence-electron chi connectivity index (χ0n) is 15.9. The lowest BCUT2D eigenvalue weighted by Crippen LogP contribution is -2.49. The molecule has 2 heterocycles. The molecule has 1 aromatic carbocycles. The SMILES string of the molecule is COc1ccc(CCCC(=O)N2CCN(c3ncccn3)CC2)cc1OC. The first-order valence-corrected chi connectivity index (χ1v) is 9.22. The summed E-state index contributed by atoms with van der Waals surface area (Å²) < 4.78 is 10.6. The Hall–Kier alpha value is -2.83. The minimum atomic E-state index is 0.212. The van der Waals surface area contributed by atoms with Crippen molar-refractivity contribution < 1.29 is 14.3 Å². The lowest BCUT2D eigenvalue weighted by atomic mass is 10.1. The molecule has 3 rings (SSSR count). The van der Waals surface area contributed by atoms with Crippen LogP contribution in [0.15, 0.2) is 36.7 Å². The standard InChI is InChI=1S/C20H26N4O3/c1-26-17-8-7-16(15-18(17)27-2)5-3-6-19(25)23-11-13-24(14-12-23)20-21-9-4-10-22-20/h4,7-10,15H,3,5-6,11-14H2,1-2H3. The van der Waals surface area contributed by atoms with Crippen LogP contribution in [0, 0.1) is 0 Å². The van der Waals surface area contributed by atoms with Gasteiger partial charge < -0.3 is 19.3 Å². The van der Waals surface area contributed by atoms with Gasteiger partial charge in [-0.1, -0.05) is 6.07 Å². The van der Waals surface area contributed by atoms with Gasteiger partial charge in [-0.3, -0.25) is 4.79 Å². The molecule has 0 unspecified atom stereocenters. The number of rotatable bonds is 7. The Morgan fingerprint density at radius 2 is 1.74 bits per heavy atom. The van der Waals surface area contributed by atoms with Gasteiger partial charge in [-0.25, -0.2) is 9.97 Å². The molecule has 7 heteroatoms. The van der Waals surface area contributed by atoms with Crippen LogP contribution in [0.2, 0.25) is 0 Å². The number of nitrogens with zero attached hydrogens (tertiary/aromatic N) is 4. The van der Waals surface area contributed by atoms with E-state index in [2.05, 4.69) is 14.9 Å². The van der Waals surface area contributed by atoms with Crippen molar-refractivity contribution in [2.75, 3.05) is 45.3 Å². The van der Waals surface area contributed by atoms with Crippen molar-refractivity contribution in [3.63, 3.8) is 0 Å². The number of carbonyl (C=O) groups is 1. The van der Waals surface area contributed by atoms with E-state index in [9.17, 15) is 4.79 Å². The molecule has 0 radical (unpaired) electrons. The maximum absolute atomic E-state index is 12.5. The highest BCUT2D eigenvalue weighted by Gasteiger charge is 2.22. The van der Waals surface area contributed by atoms with Crippen molar-refractivity contribution in [2.45, 2.75) is 19.3 Å². The molecule has 0 bridgehead atoms. The third-order valence-corrected chi connectivity index (χ3v) is 4.77. The molecule has 1 aliphatic rings. The fraction of sp³-hybridized carbons (Fsp3) is 0.450. The van der Waals surface area contributed by atoms with Gasteiger partial charge in [-0.15, -0.1) is 0 Å². The minimum absolute atomic E-state index is 0.212. The molecular weight excluding hydrogens is 344 g/mol. The maximum Gasteiger partial charge on any atom is 0.225 e. The van der Waals surface area contributed by atoms with Crippen LogP contribution in [0.1, 0.15) is 18.4 Å². The molecule has 144 valence electrons. The van der Waals surface area contributed by atoms with E-state index < -0.39 is 0 Å². The summed E-state index contributed by atoms with van der Waals surface area (Å²) in [4.78, 5) is 25.1. The highest BCUT2D eigenvalue weighted by molar-refractivity contribution is 5.76. The lowest BCUT2D eigenvalue weighted by molar-refractivity contribution is -0.131. The highest BCUT2D eigenvalue weighted by atomic mass is 16.5. The second-order valence-corrected chi connectivity index (χ2v) is 6.46. The normalized spacial score (nSPS) is 14.1. The van der Waals surface area contributed by atoms with Gasteiger partial charge in [0.05, 0.1) is 14.2 Å². The van der Waals surface area contributed by atoms with E-state index in [0.717, 1.165) is 48.9 Å². The number of benzene rings is 1. The van der Waals surface area contributed by atoms with Crippen LogP contribution in [0.4, 0.5) is 5.95 Å². The number of aromatic nitrogens is 2. The van der Waals surface area contributed by atoms with E-state index in [1.165, 1.54) is 0 Å². The quantitative estimate of drug-likeness (QED) is 0.744.